The number of hydrogen-bond donors (Lipinski definition) is 1. The highest BCUT2D eigenvalue weighted by molar-refractivity contribution is 5.74. The molecule has 2 rings (SSSR count). The van der Waals surface area contributed by atoms with Crippen molar-refractivity contribution in [2.45, 2.75) is 0 Å². The predicted molar refractivity (Wildman–Crippen MR) is 49.4 cm³/mol. The second-order valence-corrected chi connectivity index (χ2v) is 2.64. The van der Waals surface area contributed by atoms with E-state index < -0.39 is 0 Å². The summed E-state index contributed by atoms with van der Waals surface area (Å²) in [5.41, 5.74) is 2.41. The highest BCUT2D eigenvalue weighted by Crippen LogP contribution is 2.14. The maximum Gasteiger partial charge on any atom is 0.0346 e. The van der Waals surface area contributed by atoms with E-state index in [1.165, 1.54) is 11.1 Å². The summed E-state index contributed by atoms with van der Waals surface area (Å²) >= 11 is 0. The Balaban J connectivity index is 2.31. The molecule has 2 nitrogen and oxygen atoms in total. The van der Waals surface area contributed by atoms with Crippen LogP contribution < -0.4 is 5.32 Å². The van der Waals surface area contributed by atoms with E-state index in [1.54, 1.807) is 6.20 Å². The van der Waals surface area contributed by atoms with E-state index in [9.17, 15) is 0 Å². The predicted octanol–water partition coefficient (Wildman–Crippen LogP) is 1.58. The van der Waals surface area contributed by atoms with Gasteiger partial charge in [-0.05, 0) is 29.5 Å². The van der Waals surface area contributed by atoms with Crippen LogP contribution in [0.1, 0.15) is 5.56 Å². The van der Waals surface area contributed by atoms with Crippen LogP contribution in [-0.2, 0) is 0 Å². The first-order chi connectivity index (χ1) is 5.97. The highest BCUT2D eigenvalue weighted by atomic mass is 14.8. The first kappa shape index (κ1) is 7.10. The van der Waals surface area contributed by atoms with Crippen LogP contribution in [0.5, 0.6) is 0 Å². The number of nitrogens with one attached hydrogen (secondary N) is 1. The normalized spacial score (nSPS) is 15.2. The van der Waals surface area contributed by atoms with E-state index in [0.717, 1.165) is 6.54 Å². The molecule has 2 heterocycles. The first-order valence-corrected chi connectivity index (χ1v) is 3.97. The van der Waals surface area contributed by atoms with Gasteiger partial charge in [-0.3, -0.25) is 4.98 Å². The molecule has 1 aromatic heterocycles. The van der Waals surface area contributed by atoms with E-state index in [4.69, 9.17) is 0 Å². The molecule has 2 heteroatoms. The summed E-state index contributed by atoms with van der Waals surface area (Å²) in [5.74, 6) is 0. The minimum Gasteiger partial charge on any atom is -0.387 e. The second kappa shape index (κ2) is 3.22. The molecule has 0 aliphatic carbocycles. The topological polar surface area (TPSA) is 24.9 Å². The van der Waals surface area contributed by atoms with Gasteiger partial charge in [0.2, 0.25) is 0 Å². The molecule has 12 heavy (non-hydrogen) atoms. The van der Waals surface area contributed by atoms with Crippen LogP contribution in [0.2, 0.25) is 0 Å². The van der Waals surface area contributed by atoms with Crippen molar-refractivity contribution in [3.05, 3.63) is 48.4 Å². The Hall–Kier alpha value is -1.57. The number of nitrogens with zero attached hydrogens (tertiary/aromatic N) is 1. The molecule has 0 atom stereocenters. The van der Waals surface area contributed by atoms with Gasteiger partial charge in [0, 0.05) is 18.9 Å². The standard InChI is InChI=1S/C10H10N2/c1-2-10(8-12-5-1)9-3-6-11-7-4-9/h1-6,8,11H,7H2. The average Bonchev–Trinajstić information content (AvgIpc) is 2.21. The van der Waals surface area contributed by atoms with Crippen LogP contribution in [0, 0.1) is 0 Å². The van der Waals surface area contributed by atoms with Gasteiger partial charge in [-0.25, -0.2) is 0 Å². The Morgan fingerprint density at radius 2 is 2.42 bits per heavy atom. The van der Waals surface area contributed by atoms with Gasteiger partial charge in [0.15, 0.2) is 0 Å². The summed E-state index contributed by atoms with van der Waals surface area (Å²) in [6, 6.07) is 4.01. The SMILES string of the molecule is C1=CC(c2cccnc2)=CCN1. The van der Waals surface area contributed by atoms with Gasteiger partial charge in [-0.15, -0.1) is 0 Å². The van der Waals surface area contributed by atoms with Crippen LogP contribution in [0.3, 0.4) is 0 Å². The van der Waals surface area contributed by atoms with Crippen molar-refractivity contribution >= 4 is 5.57 Å². The van der Waals surface area contributed by atoms with Gasteiger partial charge in [0.1, 0.15) is 0 Å². The van der Waals surface area contributed by atoms with E-state index >= 15 is 0 Å². The van der Waals surface area contributed by atoms with Crippen molar-refractivity contribution in [3.63, 3.8) is 0 Å². The minimum absolute atomic E-state index is 0.903. The highest BCUT2D eigenvalue weighted by Gasteiger charge is 1.98. The summed E-state index contributed by atoms with van der Waals surface area (Å²) in [7, 11) is 0. The third-order valence-electron chi connectivity index (χ3n) is 1.82. The lowest BCUT2D eigenvalue weighted by Crippen LogP contribution is -2.08. The number of dihydropyridines is 1. The summed E-state index contributed by atoms with van der Waals surface area (Å²) < 4.78 is 0. The maximum absolute atomic E-state index is 4.06. The molecule has 0 unspecified atom stereocenters. The van der Waals surface area contributed by atoms with Gasteiger partial charge < -0.3 is 5.32 Å². The van der Waals surface area contributed by atoms with Crippen LogP contribution in [-0.4, -0.2) is 11.5 Å². The van der Waals surface area contributed by atoms with Crippen molar-refractivity contribution in [1.29, 1.82) is 0 Å². The van der Waals surface area contributed by atoms with E-state index in [0.29, 0.717) is 0 Å². The Kier molecular flexibility index (Phi) is 1.90. The zero-order chi connectivity index (χ0) is 8.23. The van der Waals surface area contributed by atoms with Crippen molar-refractivity contribution in [3.8, 4) is 0 Å². The summed E-state index contributed by atoms with van der Waals surface area (Å²) in [4.78, 5) is 4.06. The van der Waals surface area contributed by atoms with Crippen LogP contribution in [0.15, 0.2) is 42.9 Å². The Bertz CT molecular complexity index is 312. The summed E-state index contributed by atoms with van der Waals surface area (Å²) in [5, 5.41) is 3.11. The minimum atomic E-state index is 0.903. The first-order valence-electron chi connectivity index (χ1n) is 3.97. The zero-order valence-corrected chi connectivity index (χ0v) is 6.70. The fraction of sp³-hybridized carbons (Fsp3) is 0.100. The van der Waals surface area contributed by atoms with E-state index in [1.807, 2.05) is 18.5 Å². The summed E-state index contributed by atoms with van der Waals surface area (Å²) in [6.45, 7) is 0.903. The molecule has 0 saturated heterocycles. The van der Waals surface area contributed by atoms with Gasteiger partial charge in [-0.2, -0.15) is 0 Å². The van der Waals surface area contributed by atoms with Crippen LogP contribution in [0.4, 0.5) is 0 Å². The maximum atomic E-state index is 4.06. The molecule has 1 N–H and O–H groups in total. The molecule has 1 aliphatic rings. The smallest absolute Gasteiger partial charge is 0.0346 e. The molecule has 0 spiro atoms. The Labute approximate surface area is 71.6 Å². The molecule has 0 radical (unpaired) electrons. The fourth-order valence-electron chi connectivity index (χ4n) is 1.20. The van der Waals surface area contributed by atoms with Crippen LogP contribution >= 0.6 is 0 Å². The Morgan fingerprint density at radius 3 is 3.08 bits per heavy atom. The van der Waals surface area contributed by atoms with E-state index in [-0.39, 0.29) is 0 Å². The molecule has 0 bridgehead atoms. The number of aromatic nitrogens is 1. The number of rotatable bonds is 1. The van der Waals surface area contributed by atoms with Crippen molar-refractivity contribution < 1.29 is 0 Å². The average molecular weight is 158 g/mol. The lowest BCUT2D eigenvalue weighted by atomic mass is 10.1. The molecule has 60 valence electrons. The van der Waals surface area contributed by atoms with E-state index in [2.05, 4.69) is 28.5 Å². The van der Waals surface area contributed by atoms with Crippen molar-refractivity contribution in [2.75, 3.05) is 6.54 Å². The van der Waals surface area contributed by atoms with Gasteiger partial charge in [-0.1, -0.05) is 12.1 Å². The largest absolute Gasteiger partial charge is 0.387 e. The fourth-order valence-corrected chi connectivity index (χ4v) is 1.20. The van der Waals surface area contributed by atoms with Gasteiger partial charge in [0.05, 0.1) is 0 Å². The van der Waals surface area contributed by atoms with Gasteiger partial charge in [0.25, 0.3) is 0 Å². The lowest BCUT2D eigenvalue weighted by Gasteiger charge is -2.07. The molecule has 1 aliphatic heterocycles. The molecule has 0 amide bonds. The monoisotopic (exact) mass is 158 g/mol. The molecule has 0 aromatic carbocycles. The Morgan fingerprint density at radius 1 is 1.42 bits per heavy atom. The molecule has 1 aromatic rings. The molecule has 0 saturated carbocycles. The zero-order valence-electron chi connectivity index (χ0n) is 6.70. The molecular weight excluding hydrogens is 148 g/mol. The number of allylic oxidation sites excluding steroid dienone is 2. The lowest BCUT2D eigenvalue weighted by molar-refractivity contribution is 0.975. The quantitative estimate of drug-likeness (QED) is 0.671. The van der Waals surface area contributed by atoms with Crippen LogP contribution in [0.25, 0.3) is 5.57 Å². The third kappa shape index (κ3) is 1.37. The van der Waals surface area contributed by atoms with Crippen molar-refractivity contribution in [2.24, 2.45) is 0 Å². The molecule has 0 fully saturated rings. The van der Waals surface area contributed by atoms with Crippen molar-refractivity contribution in [1.82, 2.24) is 10.3 Å². The van der Waals surface area contributed by atoms with Gasteiger partial charge >= 0.3 is 0 Å². The number of pyridine rings is 1. The second-order valence-electron chi connectivity index (χ2n) is 2.64. The third-order valence-corrected chi connectivity index (χ3v) is 1.82. The summed E-state index contributed by atoms with van der Waals surface area (Å²) in [6.07, 6.45) is 9.83. The molecular formula is C10H10N2. The number of hydrogen-bond acceptors (Lipinski definition) is 2.